The fourth-order valence-corrected chi connectivity index (χ4v) is 5.30. The molecule has 6 rings (SSSR count). The monoisotopic (exact) mass is 666 g/mol. The van der Waals surface area contributed by atoms with E-state index in [0.717, 1.165) is 63.5 Å². The molecular weight excluding hydrogens is 633 g/mol. The summed E-state index contributed by atoms with van der Waals surface area (Å²) < 4.78 is 71.6. The molecule has 1 aromatic heterocycles. The number of hydrogen-bond acceptors (Lipinski definition) is 9. The third-order valence-electron chi connectivity index (χ3n) is 8.12. The first kappa shape index (κ1) is 33.0. The zero-order valence-electron chi connectivity index (χ0n) is 26.0. The molecule has 0 saturated carbocycles. The van der Waals surface area contributed by atoms with Gasteiger partial charge in [0.15, 0.2) is 34.3 Å². The van der Waals surface area contributed by atoms with Gasteiger partial charge in [-0.25, -0.2) is 13.2 Å². The van der Waals surface area contributed by atoms with Gasteiger partial charge >= 0.3 is 0 Å². The van der Waals surface area contributed by atoms with Crippen molar-refractivity contribution in [2.24, 2.45) is 5.41 Å². The zero-order chi connectivity index (χ0) is 33.7. The van der Waals surface area contributed by atoms with Crippen LogP contribution in [0.2, 0.25) is 0 Å². The number of carbonyl (C=O) groups is 2. The van der Waals surface area contributed by atoms with Crippen molar-refractivity contribution < 1.29 is 46.4 Å². The third kappa shape index (κ3) is 7.15. The molecule has 0 spiro atoms. The summed E-state index contributed by atoms with van der Waals surface area (Å²) in [5, 5.41) is 5.29. The maximum absolute atomic E-state index is 15.3. The highest BCUT2D eigenvalue weighted by molar-refractivity contribution is 6.15. The van der Waals surface area contributed by atoms with Crippen LogP contribution in [0, 0.1) is 22.9 Å². The molecule has 14 heteroatoms. The van der Waals surface area contributed by atoms with Gasteiger partial charge in [-0.3, -0.25) is 19.5 Å². The van der Waals surface area contributed by atoms with Crippen molar-refractivity contribution >= 4 is 34.1 Å². The maximum atomic E-state index is 15.3. The molecule has 0 aliphatic carbocycles. The summed E-state index contributed by atoms with van der Waals surface area (Å²) in [6.07, 6.45) is 2.27. The van der Waals surface area contributed by atoms with E-state index in [-0.39, 0.29) is 24.7 Å². The number of nitrogens with one attached hydrogen (secondary N) is 2. The van der Waals surface area contributed by atoms with Gasteiger partial charge in [-0.1, -0.05) is 0 Å². The first-order valence-electron chi connectivity index (χ1n) is 15.3. The van der Waals surface area contributed by atoms with Crippen molar-refractivity contribution in [3.05, 3.63) is 78.2 Å². The number of pyridine rings is 1. The second-order valence-corrected chi connectivity index (χ2v) is 11.3. The number of aromatic nitrogens is 1. The van der Waals surface area contributed by atoms with Crippen molar-refractivity contribution in [1.82, 2.24) is 9.88 Å². The van der Waals surface area contributed by atoms with Gasteiger partial charge in [-0.2, -0.15) is 0 Å². The summed E-state index contributed by atoms with van der Waals surface area (Å²) in [7, 11) is 1.49. The van der Waals surface area contributed by atoms with Gasteiger partial charge in [0, 0.05) is 55.1 Å². The Morgan fingerprint density at radius 2 is 1.62 bits per heavy atom. The molecule has 2 amide bonds. The first-order chi connectivity index (χ1) is 23.3. The topological polar surface area (TPSA) is 120 Å². The van der Waals surface area contributed by atoms with Gasteiger partial charge in [0.25, 0.3) is 0 Å². The molecule has 0 radical (unpaired) electrons. The van der Waals surface area contributed by atoms with Gasteiger partial charge in [0.2, 0.25) is 11.8 Å². The van der Waals surface area contributed by atoms with E-state index in [1.165, 1.54) is 31.5 Å². The summed E-state index contributed by atoms with van der Waals surface area (Å²) in [6, 6.07) is 11.3. The van der Waals surface area contributed by atoms with Crippen LogP contribution >= 0.6 is 0 Å². The van der Waals surface area contributed by atoms with Crippen molar-refractivity contribution in [1.29, 1.82) is 0 Å². The average Bonchev–Trinajstić information content (AvgIpc) is 3.06. The Bertz CT molecular complexity index is 1800. The Labute approximate surface area is 273 Å². The number of nitrogens with zero attached hydrogens (tertiary/aromatic N) is 2. The van der Waals surface area contributed by atoms with Gasteiger partial charge in [0.1, 0.15) is 11.6 Å². The van der Waals surface area contributed by atoms with E-state index >= 15 is 8.78 Å². The predicted molar refractivity (Wildman–Crippen MR) is 169 cm³/mol. The third-order valence-corrected chi connectivity index (χ3v) is 8.12. The predicted octanol–water partition coefficient (Wildman–Crippen LogP) is 5.15. The number of carbonyl (C=O) groups excluding carboxylic acids is 2. The van der Waals surface area contributed by atoms with Crippen LogP contribution in [0.25, 0.3) is 10.9 Å². The molecule has 0 bridgehead atoms. The minimum absolute atomic E-state index is 0.176. The van der Waals surface area contributed by atoms with Crippen LogP contribution in [0.5, 0.6) is 23.0 Å². The number of anilines is 2. The molecule has 2 saturated heterocycles. The molecule has 252 valence electrons. The minimum Gasteiger partial charge on any atom is -0.493 e. The van der Waals surface area contributed by atoms with Crippen molar-refractivity contribution in [3.63, 3.8) is 0 Å². The molecule has 3 aromatic carbocycles. The molecule has 2 fully saturated rings. The summed E-state index contributed by atoms with van der Waals surface area (Å²) in [6.45, 7) is 4.01. The Morgan fingerprint density at radius 1 is 0.875 bits per heavy atom. The number of morpholine rings is 1. The number of hydrogen-bond donors (Lipinski definition) is 2. The molecule has 3 heterocycles. The molecule has 4 aromatic rings. The van der Waals surface area contributed by atoms with Gasteiger partial charge < -0.3 is 34.3 Å². The van der Waals surface area contributed by atoms with Crippen LogP contribution in [0.4, 0.5) is 24.5 Å². The summed E-state index contributed by atoms with van der Waals surface area (Å²) in [5.74, 6) is -3.49. The van der Waals surface area contributed by atoms with Crippen LogP contribution < -0.4 is 24.8 Å². The first-order valence-corrected chi connectivity index (χ1v) is 15.3. The van der Waals surface area contributed by atoms with E-state index < -0.39 is 46.1 Å². The smallest absolute Gasteiger partial charge is 0.244 e. The van der Waals surface area contributed by atoms with Crippen molar-refractivity contribution in [2.75, 3.05) is 70.4 Å². The van der Waals surface area contributed by atoms with Crippen LogP contribution in [0.1, 0.15) is 6.42 Å². The van der Waals surface area contributed by atoms with Crippen LogP contribution in [-0.4, -0.2) is 81.5 Å². The summed E-state index contributed by atoms with van der Waals surface area (Å²) in [4.78, 5) is 32.8. The lowest BCUT2D eigenvalue weighted by atomic mass is 9.83. The molecular formula is C34H33F3N4O7. The molecule has 2 aliphatic heterocycles. The molecule has 0 atom stereocenters. The number of methoxy groups -OCH3 is 1. The standard InChI is InChI=1S/C34H33F3N4O7/c1-44-30-15-23-26(18-31(30)47-12-2-9-41-10-13-45-14-11-41)38-8-7-28(23)48-29-17-24(36)27(16-25(29)37)40-33(43)34(19-46-20-34)32(42)39-22-5-3-21(35)4-6-22/h3-8,15-18H,2,9-14,19-20H2,1H3,(H,39,42)(H,40,43). The lowest BCUT2D eigenvalue weighted by Crippen LogP contribution is -2.59. The number of rotatable bonds is 12. The number of amides is 2. The minimum atomic E-state index is -1.70. The normalized spacial score (nSPS) is 15.8. The van der Waals surface area contributed by atoms with E-state index in [2.05, 4.69) is 20.5 Å². The Kier molecular flexibility index (Phi) is 9.94. The molecule has 2 N–H and O–H groups in total. The van der Waals surface area contributed by atoms with E-state index in [4.69, 9.17) is 23.7 Å². The Balaban J connectivity index is 1.14. The lowest BCUT2D eigenvalue weighted by molar-refractivity contribution is -0.166. The van der Waals surface area contributed by atoms with Gasteiger partial charge in [-0.05, 0) is 42.8 Å². The largest absolute Gasteiger partial charge is 0.493 e. The SMILES string of the molecule is COc1cc2c(Oc3cc(F)c(NC(=O)C4(C(=O)Nc5ccc(F)cc5)COC4)cc3F)ccnc2cc1OCCCN1CCOCC1. The zero-order valence-corrected chi connectivity index (χ0v) is 26.0. The highest BCUT2D eigenvalue weighted by Crippen LogP contribution is 2.39. The second-order valence-electron chi connectivity index (χ2n) is 11.3. The second kappa shape index (κ2) is 14.5. The quantitative estimate of drug-likeness (QED) is 0.156. The molecule has 0 unspecified atom stereocenters. The van der Waals surface area contributed by atoms with Crippen LogP contribution in [0.3, 0.4) is 0 Å². The maximum Gasteiger partial charge on any atom is 0.244 e. The van der Waals surface area contributed by atoms with Crippen molar-refractivity contribution in [2.45, 2.75) is 6.42 Å². The Morgan fingerprint density at radius 3 is 2.33 bits per heavy atom. The fourth-order valence-electron chi connectivity index (χ4n) is 5.30. The van der Waals surface area contributed by atoms with E-state index in [9.17, 15) is 14.0 Å². The van der Waals surface area contributed by atoms with Gasteiger partial charge in [-0.15, -0.1) is 0 Å². The molecule has 11 nitrogen and oxygen atoms in total. The molecule has 48 heavy (non-hydrogen) atoms. The number of ether oxygens (including phenoxy) is 5. The van der Waals surface area contributed by atoms with E-state index in [1.807, 2.05) is 0 Å². The number of halogens is 3. The van der Waals surface area contributed by atoms with Gasteiger partial charge in [0.05, 0.1) is 51.3 Å². The van der Waals surface area contributed by atoms with Crippen molar-refractivity contribution in [3.8, 4) is 23.0 Å². The summed E-state index contributed by atoms with van der Waals surface area (Å²) >= 11 is 0. The molecule has 2 aliphatic rings. The van der Waals surface area contributed by atoms with Crippen LogP contribution in [-0.2, 0) is 19.1 Å². The highest BCUT2D eigenvalue weighted by Gasteiger charge is 2.53. The highest BCUT2D eigenvalue weighted by atomic mass is 19.1. The fraction of sp³-hybridized carbons (Fsp3) is 0.324. The number of benzene rings is 3. The average molecular weight is 667 g/mol. The van der Waals surface area contributed by atoms with E-state index in [0.29, 0.717) is 29.0 Å². The van der Waals surface area contributed by atoms with E-state index in [1.54, 1.807) is 12.1 Å². The lowest BCUT2D eigenvalue weighted by Gasteiger charge is -2.38. The van der Waals surface area contributed by atoms with Crippen LogP contribution in [0.15, 0.2) is 60.8 Å². The summed E-state index contributed by atoms with van der Waals surface area (Å²) in [5.41, 5.74) is -1.47. The number of fused-ring (bicyclic) bond motifs is 1. The Hall–Kier alpha value is -4.92.